The van der Waals surface area contributed by atoms with Crippen molar-refractivity contribution in [3.05, 3.63) is 42.0 Å². The summed E-state index contributed by atoms with van der Waals surface area (Å²) in [7, 11) is 0. The molecule has 5 heteroatoms. The Bertz CT molecular complexity index is 560. The van der Waals surface area contributed by atoms with Crippen molar-refractivity contribution >= 4 is 5.91 Å². The molecule has 1 aromatic carbocycles. The minimum Gasteiger partial charge on any atom is -0.349 e. The number of para-hydroxylation sites is 1. The summed E-state index contributed by atoms with van der Waals surface area (Å²) in [5.41, 5.74) is 0.899. The van der Waals surface area contributed by atoms with Crippen molar-refractivity contribution in [1.29, 1.82) is 0 Å². The van der Waals surface area contributed by atoms with Crippen LogP contribution in [0.25, 0.3) is 5.69 Å². The maximum atomic E-state index is 11.9. The van der Waals surface area contributed by atoms with Gasteiger partial charge in [0, 0.05) is 6.54 Å². The largest absolute Gasteiger partial charge is 0.349 e. The van der Waals surface area contributed by atoms with Crippen molar-refractivity contribution in [2.45, 2.75) is 20.8 Å². The highest BCUT2D eigenvalue weighted by Crippen LogP contribution is 2.08. The molecule has 2 aromatic rings. The summed E-state index contributed by atoms with van der Waals surface area (Å²) in [6, 6.07) is 9.64. The number of benzene rings is 1. The lowest BCUT2D eigenvalue weighted by atomic mass is 10.2. The second kappa shape index (κ2) is 5.65. The van der Waals surface area contributed by atoms with E-state index in [0.29, 0.717) is 18.3 Å². The van der Waals surface area contributed by atoms with E-state index in [2.05, 4.69) is 15.4 Å². The van der Waals surface area contributed by atoms with Crippen LogP contribution in [0.1, 0.15) is 30.3 Å². The van der Waals surface area contributed by atoms with Gasteiger partial charge in [-0.3, -0.25) is 4.79 Å². The van der Waals surface area contributed by atoms with Crippen molar-refractivity contribution < 1.29 is 4.79 Å². The average molecular weight is 258 g/mol. The summed E-state index contributed by atoms with van der Waals surface area (Å²) >= 11 is 0. The van der Waals surface area contributed by atoms with Gasteiger partial charge in [0.2, 0.25) is 5.82 Å². The molecule has 1 aromatic heterocycles. The summed E-state index contributed by atoms with van der Waals surface area (Å²) < 4.78 is 1.67. The molecule has 0 atom stereocenters. The average Bonchev–Trinajstić information content (AvgIpc) is 2.79. The number of rotatable bonds is 4. The number of carbonyl (C=O) groups excluding carboxylic acids is 1. The van der Waals surface area contributed by atoms with Crippen LogP contribution in [-0.4, -0.2) is 27.2 Å². The fraction of sp³-hybridized carbons (Fsp3) is 0.357. The summed E-state index contributed by atoms with van der Waals surface area (Å²) in [5, 5.41) is 7.06. The Morgan fingerprint density at radius 1 is 1.32 bits per heavy atom. The van der Waals surface area contributed by atoms with Crippen LogP contribution in [0.5, 0.6) is 0 Å². The van der Waals surface area contributed by atoms with Crippen LogP contribution in [0.15, 0.2) is 30.3 Å². The highest BCUT2D eigenvalue weighted by Gasteiger charge is 2.14. The number of aromatic nitrogens is 3. The molecule has 0 aliphatic carbocycles. The van der Waals surface area contributed by atoms with Crippen molar-refractivity contribution in [3.8, 4) is 5.69 Å². The fourth-order valence-corrected chi connectivity index (χ4v) is 1.68. The van der Waals surface area contributed by atoms with Crippen LogP contribution in [0.3, 0.4) is 0 Å². The molecule has 0 saturated heterocycles. The maximum absolute atomic E-state index is 11.9. The molecule has 2 rings (SSSR count). The molecule has 0 radical (unpaired) electrons. The van der Waals surface area contributed by atoms with E-state index in [4.69, 9.17) is 0 Å². The minimum atomic E-state index is -0.230. The predicted molar refractivity (Wildman–Crippen MR) is 73.3 cm³/mol. The monoisotopic (exact) mass is 258 g/mol. The topological polar surface area (TPSA) is 59.8 Å². The smallest absolute Gasteiger partial charge is 0.290 e. The SMILES string of the molecule is Cc1nc(C(=O)NCC(C)C)nn1-c1ccccc1. The second-order valence-corrected chi connectivity index (χ2v) is 4.83. The zero-order chi connectivity index (χ0) is 13.8. The van der Waals surface area contributed by atoms with Crippen LogP contribution in [-0.2, 0) is 0 Å². The Hall–Kier alpha value is -2.17. The third kappa shape index (κ3) is 3.19. The molecule has 19 heavy (non-hydrogen) atoms. The first-order valence-corrected chi connectivity index (χ1v) is 6.35. The number of amides is 1. The highest BCUT2D eigenvalue weighted by atomic mass is 16.2. The summed E-state index contributed by atoms with van der Waals surface area (Å²) in [6.45, 7) is 6.54. The van der Waals surface area contributed by atoms with Gasteiger partial charge in [0.05, 0.1) is 5.69 Å². The van der Waals surface area contributed by atoms with Crippen molar-refractivity contribution in [2.75, 3.05) is 6.54 Å². The van der Waals surface area contributed by atoms with E-state index in [1.165, 1.54) is 0 Å². The van der Waals surface area contributed by atoms with Crippen molar-refractivity contribution in [1.82, 2.24) is 20.1 Å². The first kappa shape index (κ1) is 13.3. The van der Waals surface area contributed by atoms with Crippen molar-refractivity contribution in [3.63, 3.8) is 0 Å². The van der Waals surface area contributed by atoms with Crippen LogP contribution < -0.4 is 5.32 Å². The number of nitrogens with one attached hydrogen (secondary N) is 1. The van der Waals surface area contributed by atoms with E-state index in [9.17, 15) is 4.79 Å². The van der Waals surface area contributed by atoms with Gasteiger partial charge < -0.3 is 5.32 Å². The Kier molecular flexibility index (Phi) is 3.94. The number of hydrogen-bond acceptors (Lipinski definition) is 3. The molecule has 0 fully saturated rings. The highest BCUT2D eigenvalue weighted by molar-refractivity contribution is 5.90. The van der Waals surface area contributed by atoms with E-state index in [1.807, 2.05) is 51.1 Å². The first-order valence-electron chi connectivity index (χ1n) is 6.35. The third-order valence-corrected chi connectivity index (χ3v) is 2.64. The van der Waals surface area contributed by atoms with E-state index in [0.717, 1.165) is 5.69 Å². The zero-order valence-electron chi connectivity index (χ0n) is 11.4. The number of nitrogens with zero attached hydrogens (tertiary/aromatic N) is 3. The van der Waals surface area contributed by atoms with Crippen LogP contribution in [0, 0.1) is 12.8 Å². The van der Waals surface area contributed by atoms with Crippen LogP contribution in [0.2, 0.25) is 0 Å². The molecule has 5 nitrogen and oxygen atoms in total. The molecule has 0 saturated carbocycles. The van der Waals surface area contributed by atoms with Gasteiger partial charge in [0.15, 0.2) is 0 Å². The van der Waals surface area contributed by atoms with Crippen LogP contribution in [0.4, 0.5) is 0 Å². The Morgan fingerprint density at radius 2 is 2.00 bits per heavy atom. The van der Waals surface area contributed by atoms with E-state index in [1.54, 1.807) is 4.68 Å². The molecule has 0 bridgehead atoms. The predicted octanol–water partition coefficient (Wildman–Crippen LogP) is 1.96. The summed E-state index contributed by atoms with van der Waals surface area (Å²) in [5.74, 6) is 1.08. The quantitative estimate of drug-likeness (QED) is 0.912. The van der Waals surface area contributed by atoms with Gasteiger partial charge in [-0.15, -0.1) is 5.10 Å². The number of carbonyl (C=O) groups is 1. The zero-order valence-corrected chi connectivity index (χ0v) is 11.4. The fourth-order valence-electron chi connectivity index (χ4n) is 1.68. The molecule has 1 heterocycles. The standard InChI is InChI=1S/C14H18N4O/c1-10(2)9-15-14(19)13-16-11(3)18(17-13)12-7-5-4-6-8-12/h4-8,10H,9H2,1-3H3,(H,15,19). The third-order valence-electron chi connectivity index (χ3n) is 2.64. The molecular weight excluding hydrogens is 240 g/mol. The Balaban J connectivity index is 2.19. The van der Waals surface area contributed by atoms with E-state index >= 15 is 0 Å². The Morgan fingerprint density at radius 3 is 2.63 bits per heavy atom. The lowest BCUT2D eigenvalue weighted by molar-refractivity contribution is 0.0938. The van der Waals surface area contributed by atoms with E-state index in [-0.39, 0.29) is 11.7 Å². The molecule has 1 N–H and O–H groups in total. The molecule has 0 unspecified atom stereocenters. The van der Waals surface area contributed by atoms with Gasteiger partial charge in [-0.25, -0.2) is 9.67 Å². The second-order valence-electron chi connectivity index (χ2n) is 4.83. The number of aryl methyl sites for hydroxylation is 1. The molecule has 0 aliphatic heterocycles. The molecule has 0 aliphatic rings. The summed E-state index contributed by atoms with van der Waals surface area (Å²) in [4.78, 5) is 16.1. The summed E-state index contributed by atoms with van der Waals surface area (Å²) in [6.07, 6.45) is 0. The minimum absolute atomic E-state index is 0.210. The first-order chi connectivity index (χ1) is 9.08. The molecule has 1 amide bonds. The van der Waals surface area contributed by atoms with Crippen LogP contribution >= 0.6 is 0 Å². The Labute approximate surface area is 112 Å². The van der Waals surface area contributed by atoms with Gasteiger partial charge in [-0.1, -0.05) is 32.0 Å². The normalized spacial score (nSPS) is 10.7. The lowest BCUT2D eigenvalue weighted by Gasteiger charge is -2.04. The van der Waals surface area contributed by atoms with Gasteiger partial charge in [-0.2, -0.15) is 0 Å². The van der Waals surface area contributed by atoms with Gasteiger partial charge in [0.1, 0.15) is 5.82 Å². The molecular formula is C14H18N4O. The molecule has 0 spiro atoms. The van der Waals surface area contributed by atoms with Gasteiger partial charge in [-0.05, 0) is 25.0 Å². The van der Waals surface area contributed by atoms with E-state index < -0.39 is 0 Å². The number of hydrogen-bond donors (Lipinski definition) is 1. The van der Waals surface area contributed by atoms with Gasteiger partial charge in [0.25, 0.3) is 5.91 Å². The molecule has 100 valence electrons. The lowest BCUT2D eigenvalue weighted by Crippen LogP contribution is -2.28. The maximum Gasteiger partial charge on any atom is 0.290 e. The van der Waals surface area contributed by atoms with Gasteiger partial charge >= 0.3 is 0 Å². The van der Waals surface area contributed by atoms with Crippen molar-refractivity contribution in [2.24, 2.45) is 5.92 Å².